The minimum Gasteiger partial charge on any atom is -0.493 e. The Labute approximate surface area is 114 Å². The van der Waals surface area contributed by atoms with E-state index in [4.69, 9.17) is 15.2 Å². The monoisotopic (exact) mass is 266 g/mol. The minimum atomic E-state index is -0.0119. The maximum absolute atomic E-state index is 11.6. The molecule has 0 saturated carbocycles. The summed E-state index contributed by atoms with van der Waals surface area (Å²) in [6, 6.07) is 5.62. The number of nitrogens with one attached hydrogen (secondary N) is 1. The van der Waals surface area contributed by atoms with Crippen LogP contribution in [-0.2, 0) is 11.3 Å². The summed E-state index contributed by atoms with van der Waals surface area (Å²) < 4.78 is 10.5. The van der Waals surface area contributed by atoms with Crippen molar-refractivity contribution in [3.63, 3.8) is 0 Å². The standard InChI is InChI=1S/C14H22N2O3/c1-10(15)7-8-13(17)16-9-11-5-4-6-12(18-2)14(11)19-3/h4-6,10H,7-9,15H2,1-3H3,(H,16,17). The zero-order valence-electron chi connectivity index (χ0n) is 11.7. The Bertz CT molecular complexity index is 419. The third-order valence-corrected chi connectivity index (χ3v) is 2.79. The van der Waals surface area contributed by atoms with Crippen molar-refractivity contribution < 1.29 is 14.3 Å². The van der Waals surface area contributed by atoms with E-state index in [2.05, 4.69) is 5.32 Å². The summed E-state index contributed by atoms with van der Waals surface area (Å²) in [4.78, 5) is 11.6. The fraction of sp³-hybridized carbons (Fsp3) is 0.500. The maximum atomic E-state index is 11.6. The normalized spacial score (nSPS) is 11.8. The van der Waals surface area contributed by atoms with Crippen molar-refractivity contribution in [2.24, 2.45) is 5.73 Å². The molecule has 19 heavy (non-hydrogen) atoms. The summed E-state index contributed by atoms with van der Waals surface area (Å²) in [5.74, 6) is 1.30. The van der Waals surface area contributed by atoms with Crippen molar-refractivity contribution in [3.05, 3.63) is 23.8 Å². The summed E-state index contributed by atoms with van der Waals surface area (Å²) in [6.07, 6.45) is 1.12. The zero-order valence-corrected chi connectivity index (χ0v) is 11.7. The molecule has 0 spiro atoms. The number of carbonyl (C=O) groups is 1. The van der Waals surface area contributed by atoms with Crippen LogP contribution in [0.2, 0.25) is 0 Å². The third-order valence-electron chi connectivity index (χ3n) is 2.79. The maximum Gasteiger partial charge on any atom is 0.220 e. The summed E-state index contributed by atoms with van der Waals surface area (Å²) >= 11 is 0. The molecular weight excluding hydrogens is 244 g/mol. The van der Waals surface area contributed by atoms with Gasteiger partial charge in [-0.1, -0.05) is 12.1 Å². The van der Waals surface area contributed by atoms with E-state index in [0.29, 0.717) is 30.9 Å². The SMILES string of the molecule is COc1cccc(CNC(=O)CCC(C)N)c1OC. The van der Waals surface area contributed by atoms with Gasteiger partial charge in [0.2, 0.25) is 5.91 Å². The lowest BCUT2D eigenvalue weighted by Crippen LogP contribution is -2.25. The average molecular weight is 266 g/mol. The van der Waals surface area contributed by atoms with Gasteiger partial charge in [-0.15, -0.1) is 0 Å². The summed E-state index contributed by atoms with van der Waals surface area (Å²) in [5.41, 5.74) is 6.50. The van der Waals surface area contributed by atoms with Crippen molar-refractivity contribution in [2.75, 3.05) is 14.2 Å². The number of para-hydroxylation sites is 1. The second-order valence-electron chi connectivity index (χ2n) is 4.45. The molecule has 1 aromatic carbocycles. The number of nitrogens with two attached hydrogens (primary N) is 1. The molecule has 0 aliphatic rings. The summed E-state index contributed by atoms with van der Waals surface area (Å²) in [6.45, 7) is 2.30. The van der Waals surface area contributed by atoms with E-state index in [1.165, 1.54) is 0 Å². The molecule has 1 atom stereocenters. The van der Waals surface area contributed by atoms with Crippen molar-refractivity contribution in [1.82, 2.24) is 5.32 Å². The number of ether oxygens (including phenoxy) is 2. The Hall–Kier alpha value is -1.75. The van der Waals surface area contributed by atoms with E-state index >= 15 is 0 Å². The Morgan fingerprint density at radius 2 is 2.11 bits per heavy atom. The molecule has 1 rings (SSSR count). The number of hydrogen-bond donors (Lipinski definition) is 2. The number of hydrogen-bond acceptors (Lipinski definition) is 4. The Balaban J connectivity index is 2.60. The van der Waals surface area contributed by atoms with E-state index in [1.807, 2.05) is 25.1 Å². The lowest BCUT2D eigenvalue weighted by atomic mass is 10.1. The van der Waals surface area contributed by atoms with Crippen LogP contribution in [0.4, 0.5) is 0 Å². The molecule has 5 nitrogen and oxygen atoms in total. The molecule has 0 aliphatic heterocycles. The topological polar surface area (TPSA) is 73.6 Å². The summed E-state index contributed by atoms with van der Waals surface area (Å²) in [7, 11) is 3.17. The van der Waals surface area contributed by atoms with Crippen LogP contribution in [0.15, 0.2) is 18.2 Å². The Morgan fingerprint density at radius 1 is 1.37 bits per heavy atom. The number of amides is 1. The highest BCUT2D eigenvalue weighted by atomic mass is 16.5. The number of benzene rings is 1. The lowest BCUT2D eigenvalue weighted by Gasteiger charge is -2.13. The molecule has 1 amide bonds. The van der Waals surface area contributed by atoms with Gasteiger partial charge in [-0.25, -0.2) is 0 Å². The lowest BCUT2D eigenvalue weighted by molar-refractivity contribution is -0.121. The first kappa shape index (κ1) is 15.3. The van der Waals surface area contributed by atoms with Crippen molar-refractivity contribution in [2.45, 2.75) is 32.4 Å². The van der Waals surface area contributed by atoms with Gasteiger partial charge in [-0.05, 0) is 19.4 Å². The van der Waals surface area contributed by atoms with E-state index in [1.54, 1.807) is 14.2 Å². The molecular formula is C14H22N2O3. The van der Waals surface area contributed by atoms with Gasteiger partial charge in [0, 0.05) is 24.6 Å². The third kappa shape index (κ3) is 4.79. The van der Waals surface area contributed by atoms with Crippen molar-refractivity contribution in [3.8, 4) is 11.5 Å². The Kier molecular flexibility index (Phi) is 6.15. The molecule has 1 unspecified atom stereocenters. The van der Waals surface area contributed by atoms with Crippen molar-refractivity contribution in [1.29, 1.82) is 0 Å². The molecule has 1 aromatic rings. The molecule has 5 heteroatoms. The molecule has 3 N–H and O–H groups in total. The van der Waals surface area contributed by atoms with E-state index in [0.717, 1.165) is 5.56 Å². The van der Waals surface area contributed by atoms with Crippen LogP contribution in [0.25, 0.3) is 0 Å². The van der Waals surface area contributed by atoms with Crippen LogP contribution >= 0.6 is 0 Å². The molecule has 106 valence electrons. The predicted molar refractivity (Wildman–Crippen MR) is 74.3 cm³/mol. The van der Waals surface area contributed by atoms with Crippen LogP contribution in [-0.4, -0.2) is 26.2 Å². The van der Waals surface area contributed by atoms with Gasteiger partial charge >= 0.3 is 0 Å². The smallest absolute Gasteiger partial charge is 0.220 e. The van der Waals surface area contributed by atoms with Crippen LogP contribution in [0.3, 0.4) is 0 Å². The molecule has 0 aliphatic carbocycles. The van der Waals surface area contributed by atoms with Crippen LogP contribution in [0, 0.1) is 0 Å². The second-order valence-corrected chi connectivity index (χ2v) is 4.45. The second kappa shape index (κ2) is 7.63. The highest BCUT2D eigenvalue weighted by Gasteiger charge is 2.10. The van der Waals surface area contributed by atoms with Gasteiger partial charge in [0.1, 0.15) is 0 Å². The van der Waals surface area contributed by atoms with E-state index < -0.39 is 0 Å². The van der Waals surface area contributed by atoms with Gasteiger partial charge in [0.25, 0.3) is 0 Å². The first-order valence-electron chi connectivity index (χ1n) is 6.30. The molecule has 0 bridgehead atoms. The molecule has 0 fully saturated rings. The van der Waals surface area contributed by atoms with Gasteiger partial charge in [-0.2, -0.15) is 0 Å². The minimum absolute atomic E-state index is 0.0119. The largest absolute Gasteiger partial charge is 0.493 e. The van der Waals surface area contributed by atoms with Gasteiger partial charge in [0.15, 0.2) is 11.5 Å². The number of methoxy groups -OCH3 is 2. The van der Waals surface area contributed by atoms with Crippen LogP contribution in [0.5, 0.6) is 11.5 Å². The van der Waals surface area contributed by atoms with Gasteiger partial charge in [-0.3, -0.25) is 4.79 Å². The zero-order chi connectivity index (χ0) is 14.3. The van der Waals surface area contributed by atoms with Gasteiger partial charge < -0.3 is 20.5 Å². The quantitative estimate of drug-likeness (QED) is 0.783. The van der Waals surface area contributed by atoms with Crippen molar-refractivity contribution >= 4 is 5.91 Å². The van der Waals surface area contributed by atoms with Crippen LogP contribution in [0.1, 0.15) is 25.3 Å². The molecule has 0 heterocycles. The predicted octanol–water partition coefficient (Wildman–Crippen LogP) is 1.45. The first-order valence-corrected chi connectivity index (χ1v) is 6.30. The fourth-order valence-electron chi connectivity index (χ4n) is 1.73. The fourth-order valence-corrected chi connectivity index (χ4v) is 1.73. The van der Waals surface area contributed by atoms with E-state index in [-0.39, 0.29) is 11.9 Å². The number of carbonyl (C=O) groups excluding carboxylic acids is 1. The molecule has 0 radical (unpaired) electrons. The number of rotatable bonds is 7. The summed E-state index contributed by atoms with van der Waals surface area (Å²) in [5, 5.41) is 2.85. The van der Waals surface area contributed by atoms with Gasteiger partial charge in [0.05, 0.1) is 14.2 Å². The average Bonchev–Trinajstić information content (AvgIpc) is 2.42. The molecule has 0 saturated heterocycles. The van der Waals surface area contributed by atoms with Crippen LogP contribution < -0.4 is 20.5 Å². The highest BCUT2D eigenvalue weighted by Crippen LogP contribution is 2.30. The molecule has 0 aromatic heterocycles. The Morgan fingerprint density at radius 3 is 2.68 bits per heavy atom. The highest BCUT2D eigenvalue weighted by molar-refractivity contribution is 5.76. The first-order chi connectivity index (χ1) is 9.08. The van der Waals surface area contributed by atoms with E-state index in [9.17, 15) is 4.79 Å².